The normalized spacial score (nSPS) is 24.7. The van der Waals surface area contributed by atoms with Crippen LogP contribution < -0.4 is 17.0 Å². The van der Waals surface area contributed by atoms with Crippen LogP contribution in [0.4, 0.5) is 13.2 Å². The molecule has 0 aromatic carbocycles. The monoisotopic (exact) mass is 565 g/mol. The second-order valence-corrected chi connectivity index (χ2v) is 10.8. The number of carbonyl (C=O) groups is 1. The number of halogens is 3. The molecule has 218 valence electrons. The summed E-state index contributed by atoms with van der Waals surface area (Å²) in [4.78, 5) is 48.4. The summed E-state index contributed by atoms with van der Waals surface area (Å²) in [5.41, 5.74) is -2.24. The molecule has 2 N–H and O–H groups in total. The van der Waals surface area contributed by atoms with Crippen molar-refractivity contribution in [2.45, 2.75) is 84.1 Å². The molecule has 0 bridgehead atoms. The Morgan fingerprint density at radius 3 is 2.58 bits per heavy atom. The van der Waals surface area contributed by atoms with Gasteiger partial charge in [-0.1, -0.05) is 38.8 Å². The van der Waals surface area contributed by atoms with Crippen molar-refractivity contribution >= 4 is 11.9 Å². The molecule has 1 aliphatic heterocycles. The fourth-order valence-electron chi connectivity index (χ4n) is 4.98. The first kappa shape index (κ1) is 29.3. The van der Waals surface area contributed by atoms with Crippen molar-refractivity contribution in [3.63, 3.8) is 0 Å². The third kappa shape index (κ3) is 7.30. The molecule has 4 rings (SSSR count). The molecule has 1 fully saturated rings. The van der Waals surface area contributed by atoms with E-state index in [1.54, 1.807) is 18.2 Å². The molecular formula is C27H34F3N5O5. The lowest BCUT2D eigenvalue weighted by molar-refractivity contribution is -0.141. The Morgan fingerprint density at radius 2 is 1.95 bits per heavy atom. The van der Waals surface area contributed by atoms with Gasteiger partial charge < -0.3 is 9.84 Å². The quantitative estimate of drug-likeness (QED) is 0.521. The Hall–Kier alpha value is -3.64. The molecule has 0 saturated heterocycles. The highest BCUT2D eigenvalue weighted by atomic mass is 19.4. The second-order valence-electron chi connectivity index (χ2n) is 10.8. The number of aliphatic imine (C=N–C) groups is 1. The molecule has 2 heterocycles. The van der Waals surface area contributed by atoms with E-state index in [9.17, 15) is 32.7 Å². The van der Waals surface area contributed by atoms with Crippen LogP contribution in [0, 0.1) is 17.8 Å². The van der Waals surface area contributed by atoms with Crippen molar-refractivity contribution in [2.75, 3.05) is 0 Å². The predicted octanol–water partition coefficient (Wildman–Crippen LogP) is 3.65. The highest BCUT2D eigenvalue weighted by Crippen LogP contribution is 2.31. The first-order valence-electron chi connectivity index (χ1n) is 13.5. The number of hydrogen-bond donors (Lipinski definition) is 2. The lowest BCUT2D eigenvalue weighted by Gasteiger charge is -2.26. The van der Waals surface area contributed by atoms with Gasteiger partial charge in [0, 0.05) is 19.5 Å². The second kappa shape index (κ2) is 12.3. The van der Waals surface area contributed by atoms with Crippen LogP contribution in [0.25, 0.3) is 0 Å². The number of aromatic nitrogens is 3. The van der Waals surface area contributed by atoms with Crippen molar-refractivity contribution in [3.05, 3.63) is 62.3 Å². The summed E-state index contributed by atoms with van der Waals surface area (Å²) in [6, 6.07) is -0.465. The molecule has 0 amide bonds. The Labute approximate surface area is 228 Å². The number of alkyl halides is 3. The number of nitrogens with zero attached hydrogens (tertiary/aromatic N) is 4. The average Bonchev–Trinajstić information content (AvgIpc) is 2.90. The van der Waals surface area contributed by atoms with Crippen LogP contribution in [0.5, 0.6) is 0 Å². The Morgan fingerprint density at radius 1 is 1.23 bits per heavy atom. The van der Waals surface area contributed by atoms with Crippen LogP contribution in [0.3, 0.4) is 0 Å². The van der Waals surface area contributed by atoms with Crippen LogP contribution in [0.15, 0.2) is 55.3 Å². The largest absolute Gasteiger partial charge is 0.481 e. The van der Waals surface area contributed by atoms with Gasteiger partial charge in [0.2, 0.25) is 5.62 Å². The standard InChI is InChI=1S/C27H34F3N5O5/c1-16-6-8-18(9-7-16)15-34-24(33-25(38)35(26(34)39)14-17(2)23(36)37)31-19-10-12-20(13-11-19)40-22-5-3-4-21(32-22)27(28,29)30/h4,10,12-13,16-19H,3,5-9,11,14-15H2,1-2H3,(H,36,37)(H,31,33,38)/t16-,17-,18-,19?/m0/s1. The van der Waals surface area contributed by atoms with E-state index in [1.165, 1.54) is 11.5 Å². The summed E-state index contributed by atoms with van der Waals surface area (Å²) in [6.07, 6.45) is 6.10. The van der Waals surface area contributed by atoms with E-state index >= 15 is 0 Å². The first-order chi connectivity index (χ1) is 18.9. The minimum absolute atomic E-state index is 0.0238. The molecule has 1 aromatic rings. The Kier molecular flexibility index (Phi) is 8.99. The number of aliphatic carboxylic acids is 1. The van der Waals surface area contributed by atoms with E-state index in [4.69, 9.17) is 4.74 Å². The van der Waals surface area contributed by atoms with Gasteiger partial charge in [-0.25, -0.2) is 24.1 Å². The number of allylic oxidation sites excluding steroid dienone is 3. The lowest BCUT2D eigenvalue weighted by Crippen LogP contribution is -2.52. The number of rotatable bonds is 7. The van der Waals surface area contributed by atoms with Crippen LogP contribution in [-0.4, -0.2) is 43.3 Å². The molecule has 0 radical (unpaired) electrons. The van der Waals surface area contributed by atoms with Crippen LogP contribution >= 0.6 is 0 Å². The van der Waals surface area contributed by atoms with Gasteiger partial charge >= 0.3 is 23.5 Å². The molecule has 2 aliphatic carbocycles. The van der Waals surface area contributed by atoms with Crippen molar-refractivity contribution in [1.82, 2.24) is 14.1 Å². The van der Waals surface area contributed by atoms with E-state index in [1.807, 2.05) is 0 Å². The van der Waals surface area contributed by atoms with Crippen molar-refractivity contribution in [2.24, 2.45) is 27.7 Å². The van der Waals surface area contributed by atoms with E-state index in [0.717, 1.165) is 36.3 Å². The lowest BCUT2D eigenvalue weighted by atomic mass is 9.83. The molecule has 3 aliphatic rings. The number of carboxylic acids is 1. The molecule has 0 spiro atoms. The van der Waals surface area contributed by atoms with Crippen LogP contribution in [0.1, 0.15) is 58.8 Å². The minimum atomic E-state index is -4.54. The highest BCUT2D eigenvalue weighted by Gasteiger charge is 2.35. The SMILES string of the molecule is C[C@@H](Cn1c(=O)[nH]/c(=N\C2C=CC(OC3=NC(C(F)(F)F)=CCC3)=CC2)n(C[C@H]2CC[C@H](C)CC2)c1=O)C(=O)O. The molecule has 1 saturated carbocycles. The number of carboxylic acid groups (broad SMARTS) is 1. The number of hydrogen-bond acceptors (Lipinski definition) is 6. The smallest absolute Gasteiger partial charge is 0.433 e. The van der Waals surface area contributed by atoms with Gasteiger partial charge in [0.1, 0.15) is 11.5 Å². The van der Waals surface area contributed by atoms with Gasteiger partial charge in [-0.3, -0.25) is 14.3 Å². The zero-order valence-corrected chi connectivity index (χ0v) is 22.5. The third-order valence-electron chi connectivity index (χ3n) is 7.43. The summed E-state index contributed by atoms with van der Waals surface area (Å²) in [6.45, 7) is 3.70. The van der Waals surface area contributed by atoms with Gasteiger partial charge in [-0.05, 0) is 49.7 Å². The summed E-state index contributed by atoms with van der Waals surface area (Å²) < 4.78 is 46.8. The first-order valence-corrected chi connectivity index (χ1v) is 13.5. The van der Waals surface area contributed by atoms with E-state index in [-0.39, 0.29) is 36.8 Å². The molecule has 2 atom stereocenters. The zero-order chi connectivity index (χ0) is 29.0. The van der Waals surface area contributed by atoms with E-state index < -0.39 is 41.2 Å². The number of aromatic amines is 1. The fraction of sp³-hybridized carbons (Fsp3) is 0.593. The van der Waals surface area contributed by atoms with Gasteiger partial charge in [0.15, 0.2) is 5.90 Å². The van der Waals surface area contributed by atoms with Gasteiger partial charge in [-0.15, -0.1) is 0 Å². The summed E-state index contributed by atoms with van der Waals surface area (Å²) in [5.74, 6) is -0.913. The topological polar surface area (TPSA) is 131 Å². The molecule has 10 nitrogen and oxygen atoms in total. The van der Waals surface area contributed by atoms with Gasteiger partial charge in [0.25, 0.3) is 0 Å². The maximum atomic E-state index is 13.4. The third-order valence-corrected chi connectivity index (χ3v) is 7.43. The molecule has 1 aromatic heterocycles. The zero-order valence-electron chi connectivity index (χ0n) is 22.5. The Bertz CT molecular complexity index is 1420. The van der Waals surface area contributed by atoms with E-state index in [0.29, 0.717) is 24.6 Å². The summed E-state index contributed by atoms with van der Waals surface area (Å²) >= 11 is 0. The predicted molar refractivity (Wildman–Crippen MR) is 140 cm³/mol. The maximum absolute atomic E-state index is 13.4. The van der Waals surface area contributed by atoms with Crippen molar-refractivity contribution in [1.29, 1.82) is 0 Å². The van der Waals surface area contributed by atoms with Crippen LogP contribution in [0.2, 0.25) is 0 Å². The minimum Gasteiger partial charge on any atom is -0.481 e. The molecule has 40 heavy (non-hydrogen) atoms. The number of H-pyrrole nitrogens is 1. The summed E-state index contributed by atoms with van der Waals surface area (Å²) in [7, 11) is 0. The number of ether oxygens (including phenoxy) is 1. The molecular weight excluding hydrogens is 531 g/mol. The maximum Gasteiger partial charge on any atom is 0.433 e. The fourth-order valence-corrected chi connectivity index (χ4v) is 4.98. The molecule has 1 unspecified atom stereocenters. The van der Waals surface area contributed by atoms with Crippen molar-refractivity contribution in [3.8, 4) is 0 Å². The van der Waals surface area contributed by atoms with Crippen molar-refractivity contribution < 1.29 is 27.8 Å². The highest BCUT2D eigenvalue weighted by molar-refractivity contribution is 5.79. The van der Waals surface area contributed by atoms with E-state index in [2.05, 4.69) is 21.9 Å². The average molecular weight is 566 g/mol. The Balaban J connectivity index is 1.58. The van der Waals surface area contributed by atoms with Gasteiger partial charge in [-0.2, -0.15) is 13.2 Å². The number of nitrogens with one attached hydrogen (secondary N) is 1. The van der Waals surface area contributed by atoms with Crippen LogP contribution in [-0.2, 0) is 22.6 Å². The molecule has 13 heteroatoms. The summed E-state index contributed by atoms with van der Waals surface area (Å²) in [5, 5.41) is 9.29. The van der Waals surface area contributed by atoms with Gasteiger partial charge in [0.05, 0.1) is 12.0 Å².